The predicted molar refractivity (Wildman–Crippen MR) is 104 cm³/mol. The highest BCUT2D eigenvalue weighted by molar-refractivity contribution is 5.81. The molecule has 0 saturated heterocycles. The fraction of sp³-hybridized carbons (Fsp3) is 0.579. The van der Waals surface area contributed by atoms with Crippen LogP contribution in [0.4, 0.5) is 9.59 Å². The van der Waals surface area contributed by atoms with Crippen molar-refractivity contribution in [2.45, 2.75) is 45.3 Å². The first-order valence-corrected chi connectivity index (χ1v) is 8.93. The molecule has 10 nitrogen and oxygen atoms in total. The summed E-state index contributed by atoms with van der Waals surface area (Å²) in [6.07, 6.45) is 0.849. The van der Waals surface area contributed by atoms with Gasteiger partial charge in [0.25, 0.3) is 0 Å². The molecule has 0 heterocycles. The Hall–Kier alpha value is -3.04. The van der Waals surface area contributed by atoms with Crippen molar-refractivity contribution in [3.63, 3.8) is 0 Å². The first-order chi connectivity index (χ1) is 13.4. The number of hydrogen-bond acceptors (Lipinski definition) is 8. The van der Waals surface area contributed by atoms with E-state index in [9.17, 15) is 19.2 Å². The van der Waals surface area contributed by atoms with Crippen LogP contribution in [0.1, 0.15) is 34.1 Å². The molecule has 164 valence electrons. The number of hydrogen-bond donors (Lipinski definition) is 2. The third-order valence-corrected chi connectivity index (χ3v) is 3.15. The molecule has 0 radical (unpaired) electrons. The molecule has 0 aliphatic carbocycles. The fourth-order valence-corrected chi connectivity index (χ4v) is 2.40. The molecule has 2 N–H and O–H groups in total. The lowest BCUT2D eigenvalue weighted by Gasteiger charge is -2.34. The summed E-state index contributed by atoms with van der Waals surface area (Å²) < 4.78 is 20.1. The normalized spacial score (nSPS) is 10.9. The van der Waals surface area contributed by atoms with Crippen LogP contribution in [0.2, 0.25) is 0 Å². The topological polar surface area (TPSA) is 129 Å². The van der Waals surface area contributed by atoms with Gasteiger partial charge in [0.2, 0.25) is 0 Å². The van der Waals surface area contributed by atoms with Crippen LogP contribution in [0.25, 0.3) is 0 Å². The summed E-state index contributed by atoms with van der Waals surface area (Å²) in [7, 11) is 0. The van der Waals surface area contributed by atoms with Crippen LogP contribution < -0.4 is 10.6 Å². The molecule has 0 spiro atoms. The van der Waals surface area contributed by atoms with Crippen LogP contribution in [0.5, 0.6) is 0 Å². The van der Waals surface area contributed by atoms with E-state index in [0.717, 1.165) is 12.2 Å². The Balaban J connectivity index is 4.30. The third-order valence-electron chi connectivity index (χ3n) is 3.15. The van der Waals surface area contributed by atoms with Crippen LogP contribution in [0, 0.1) is 0 Å². The van der Waals surface area contributed by atoms with Crippen LogP contribution in [-0.2, 0) is 28.5 Å². The van der Waals surface area contributed by atoms with Gasteiger partial charge in [0, 0.05) is 18.6 Å². The van der Waals surface area contributed by atoms with Crippen molar-refractivity contribution in [2.75, 3.05) is 26.3 Å². The van der Waals surface area contributed by atoms with Crippen molar-refractivity contribution in [2.24, 2.45) is 0 Å². The van der Waals surface area contributed by atoms with E-state index in [1.165, 1.54) is 0 Å². The Morgan fingerprint density at radius 2 is 1.10 bits per heavy atom. The molecule has 29 heavy (non-hydrogen) atoms. The minimum atomic E-state index is -0.953. The highest BCUT2D eigenvalue weighted by Gasteiger charge is 2.34. The number of rotatable bonds is 12. The Kier molecular flexibility index (Phi) is 11.1. The first kappa shape index (κ1) is 26.0. The summed E-state index contributed by atoms with van der Waals surface area (Å²) in [6, 6.07) is 0. The largest absolute Gasteiger partial charge is 0.461 e. The molecule has 2 amide bonds. The van der Waals surface area contributed by atoms with E-state index in [0.29, 0.717) is 0 Å². The van der Waals surface area contributed by atoms with Crippen molar-refractivity contribution in [1.29, 1.82) is 0 Å². The van der Waals surface area contributed by atoms with Crippen molar-refractivity contribution in [3.05, 3.63) is 25.3 Å². The number of ether oxygens (including phenoxy) is 4. The molecule has 0 unspecified atom stereocenters. The number of amides is 2. The molecule has 0 aromatic heterocycles. The standard InChI is InChI=1S/C19H30N2O8/c1-7-14(22)26-11-9-20-16(24)28-18(3,4)13-19(5,6)29-17(25)21-10-12-27-15(23)8-2/h7-8H,1-2,9-13H2,3-6H3,(H,20,24)(H,21,25). The molecule has 0 atom stereocenters. The monoisotopic (exact) mass is 414 g/mol. The van der Waals surface area contributed by atoms with Crippen molar-refractivity contribution in [3.8, 4) is 0 Å². The van der Waals surface area contributed by atoms with Gasteiger partial charge in [-0.15, -0.1) is 0 Å². The minimum Gasteiger partial charge on any atom is -0.461 e. The SMILES string of the molecule is C=CC(=O)OCCNC(=O)OC(C)(C)CC(C)(C)OC(=O)NCCOC(=O)C=C. The van der Waals surface area contributed by atoms with Crippen LogP contribution in [0.15, 0.2) is 25.3 Å². The van der Waals surface area contributed by atoms with Gasteiger partial charge in [-0.1, -0.05) is 13.2 Å². The third kappa shape index (κ3) is 13.7. The maximum atomic E-state index is 11.9. The van der Waals surface area contributed by atoms with Gasteiger partial charge in [0.15, 0.2) is 0 Å². The lowest BCUT2D eigenvalue weighted by Crippen LogP contribution is -2.44. The quantitative estimate of drug-likeness (QED) is 0.214. The number of carbonyl (C=O) groups is 4. The molecule has 0 aliphatic heterocycles. The molecular weight excluding hydrogens is 384 g/mol. The van der Waals surface area contributed by atoms with E-state index >= 15 is 0 Å². The van der Waals surface area contributed by atoms with E-state index in [4.69, 9.17) is 18.9 Å². The van der Waals surface area contributed by atoms with E-state index in [1.807, 2.05) is 0 Å². The average molecular weight is 414 g/mol. The van der Waals surface area contributed by atoms with E-state index < -0.39 is 35.3 Å². The lowest BCUT2D eigenvalue weighted by molar-refractivity contribution is -0.138. The van der Waals surface area contributed by atoms with Crippen LogP contribution >= 0.6 is 0 Å². The smallest absolute Gasteiger partial charge is 0.407 e. The lowest BCUT2D eigenvalue weighted by atomic mass is 9.92. The average Bonchev–Trinajstić information content (AvgIpc) is 2.59. The summed E-state index contributed by atoms with van der Waals surface area (Å²) in [5.41, 5.74) is -1.91. The maximum absolute atomic E-state index is 11.9. The zero-order chi connectivity index (χ0) is 22.5. The Morgan fingerprint density at radius 1 is 0.759 bits per heavy atom. The fourth-order valence-electron chi connectivity index (χ4n) is 2.40. The zero-order valence-corrected chi connectivity index (χ0v) is 17.4. The van der Waals surface area contributed by atoms with Gasteiger partial charge in [-0.05, 0) is 27.7 Å². The predicted octanol–water partition coefficient (Wildman–Crippen LogP) is 1.84. The maximum Gasteiger partial charge on any atom is 0.407 e. The molecule has 0 rings (SSSR count). The van der Waals surface area contributed by atoms with Gasteiger partial charge in [0.05, 0.1) is 13.1 Å². The zero-order valence-electron chi connectivity index (χ0n) is 17.4. The van der Waals surface area contributed by atoms with Crippen molar-refractivity contribution >= 4 is 24.1 Å². The van der Waals surface area contributed by atoms with Gasteiger partial charge in [-0.3, -0.25) is 0 Å². The highest BCUT2D eigenvalue weighted by Crippen LogP contribution is 2.26. The number of carbonyl (C=O) groups excluding carboxylic acids is 4. The summed E-state index contributed by atoms with van der Waals surface area (Å²) in [5.74, 6) is -1.17. The van der Waals surface area contributed by atoms with Gasteiger partial charge >= 0.3 is 24.1 Å². The van der Waals surface area contributed by atoms with Crippen LogP contribution in [-0.4, -0.2) is 61.6 Å². The summed E-state index contributed by atoms with van der Waals surface area (Å²) >= 11 is 0. The van der Waals surface area contributed by atoms with Gasteiger partial charge in [-0.25, -0.2) is 19.2 Å². The Labute approximate surface area is 170 Å². The second kappa shape index (κ2) is 12.4. The molecule has 0 bridgehead atoms. The molecule has 0 aliphatic rings. The molecule has 0 saturated carbocycles. The van der Waals surface area contributed by atoms with E-state index in [-0.39, 0.29) is 32.7 Å². The number of nitrogens with one attached hydrogen (secondary N) is 2. The molecule has 0 aromatic rings. The summed E-state index contributed by atoms with van der Waals surface area (Å²) in [4.78, 5) is 45.5. The molecule has 0 fully saturated rings. The molecule has 10 heteroatoms. The summed E-state index contributed by atoms with van der Waals surface area (Å²) in [6.45, 7) is 13.3. The van der Waals surface area contributed by atoms with Gasteiger partial charge < -0.3 is 29.6 Å². The van der Waals surface area contributed by atoms with Gasteiger partial charge in [-0.2, -0.15) is 0 Å². The first-order valence-electron chi connectivity index (χ1n) is 8.93. The Bertz CT molecular complexity index is 561. The van der Waals surface area contributed by atoms with E-state index in [1.54, 1.807) is 27.7 Å². The van der Waals surface area contributed by atoms with Crippen molar-refractivity contribution in [1.82, 2.24) is 10.6 Å². The van der Waals surface area contributed by atoms with Crippen molar-refractivity contribution < 1.29 is 38.1 Å². The van der Waals surface area contributed by atoms with E-state index in [2.05, 4.69) is 23.8 Å². The summed E-state index contributed by atoms with van der Waals surface area (Å²) in [5, 5.41) is 4.90. The number of esters is 2. The number of alkyl carbamates (subject to hydrolysis) is 2. The van der Waals surface area contributed by atoms with Gasteiger partial charge in [0.1, 0.15) is 24.4 Å². The van der Waals surface area contributed by atoms with Crippen LogP contribution in [0.3, 0.4) is 0 Å². The molecular formula is C19H30N2O8. The highest BCUT2D eigenvalue weighted by atomic mass is 16.6. The minimum absolute atomic E-state index is 0.0166. The molecule has 0 aromatic carbocycles. The second-order valence-corrected chi connectivity index (χ2v) is 7.07. The second-order valence-electron chi connectivity index (χ2n) is 7.07. The Morgan fingerprint density at radius 3 is 1.41 bits per heavy atom.